The minimum absolute atomic E-state index is 0.551. The van der Waals surface area contributed by atoms with Gasteiger partial charge in [-0.2, -0.15) is 0 Å². The smallest absolute Gasteiger partial charge is 0.0589 e. The van der Waals surface area contributed by atoms with E-state index in [0.717, 1.165) is 0 Å². The van der Waals surface area contributed by atoms with Gasteiger partial charge in [-0.3, -0.25) is 4.90 Å². The monoisotopic (exact) mass is 130 g/mol. The van der Waals surface area contributed by atoms with Crippen LogP contribution >= 0.6 is 0 Å². The van der Waals surface area contributed by atoms with Crippen LogP contribution in [0.1, 0.15) is 19.8 Å². The summed E-state index contributed by atoms with van der Waals surface area (Å²) < 4.78 is 0. The van der Waals surface area contributed by atoms with E-state index in [9.17, 15) is 0 Å². The predicted octanol–water partition coefficient (Wildman–Crippen LogP) is 0.894. The van der Waals surface area contributed by atoms with Crippen molar-refractivity contribution in [2.45, 2.75) is 25.9 Å². The highest BCUT2D eigenvalue weighted by Crippen LogP contribution is 1.96. The first-order chi connectivity index (χ1) is 4.22. The maximum atomic E-state index is 3.23. The van der Waals surface area contributed by atoms with E-state index in [4.69, 9.17) is 0 Å². The molecule has 0 aromatic heterocycles. The van der Waals surface area contributed by atoms with E-state index in [0.29, 0.717) is 6.17 Å². The van der Waals surface area contributed by atoms with Gasteiger partial charge in [0.15, 0.2) is 0 Å². The molecule has 0 saturated carbocycles. The van der Waals surface area contributed by atoms with Crippen LogP contribution in [0.15, 0.2) is 0 Å². The van der Waals surface area contributed by atoms with E-state index >= 15 is 0 Å². The van der Waals surface area contributed by atoms with Gasteiger partial charge in [-0.1, -0.05) is 13.3 Å². The second kappa shape index (κ2) is 4.77. The fraction of sp³-hybridized carbons (Fsp3) is 1.00. The molecule has 0 bridgehead atoms. The molecule has 2 heteroatoms. The Morgan fingerprint density at radius 2 is 2.00 bits per heavy atom. The van der Waals surface area contributed by atoms with Crippen LogP contribution in [-0.2, 0) is 0 Å². The fourth-order valence-electron chi connectivity index (χ4n) is 0.934. The third-order valence-corrected chi connectivity index (χ3v) is 1.52. The van der Waals surface area contributed by atoms with E-state index in [1.807, 2.05) is 7.05 Å². The van der Waals surface area contributed by atoms with Gasteiger partial charge in [0.1, 0.15) is 0 Å². The van der Waals surface area contributed by atoms with Crippen LogP contribution in [0.5, 0.6) is 0 Å². The maximum Gasteiger partial charge on any atom is 0.0589 e. The standard InChI is InChI=1S/C7H18N2/c1-5-6-7(8-2)9(3)4/h7-8H,5-6H2,1-4H3. The van der Waals surface area contributed by atoms with E-state index < -0.39 is 0 Å². The Balaban J connectivity index is 3.41. The normalized spacial score (nSPS) is 14.3. The van der Waals surface area contributed by atoms with Crippen LogP contribution < -0.4 is 5.32 Å². The van der Waals surface area contributed by atoms with Crippen LogP contribution in [0.25, 0.3) is 0 Å². The molecule has 0 rings (SSSR count). The Hall–Kier alpha value is -0.0800. The van der Waals surface area contributed by atoms with Gasteiger partial charge in [0, 0.05) is 0 Å². The molecule has 1 N–H and O–H groups in total. The average molecular weight is 130 g/mol. The molecule has 0 spiro atoms. The van der Waals surface area contributed by atoms with Crippen molar-refractivity contribution >= 4 is 0 Å². The van der Waals surface area contributed by atoms with Gasteiger partial charge in [-0.05, 0) is 27.6 Å². The van der Waals surface area contributed by atoms with Gasteiger partial charge in [-0.25, -0.2) is 0 Å². The molecular weight excluding hydrogens is 112 g/mol. The molecule has 2 nitrogen and oxygen atoms in total. The Morgan fingerprint density at radius 1 is 1.44 bits per heavy atom. The van der Waals surface area contributed by atoms with Crippen molar-refractivity contribution in [3.8, 4) is 0 Å². The number of hydrogen-bond donors (Lipinski definition) is 1. The minimum Gasteiger partial charge on any atom is -0.305 e. The topological polar surface area (TPSA) is 15.3 Å². The highest BCUT2D eigenvalue weighted by atomic mass is 15.2. The van der Waals surface area contributed by atoms with E-state index in [1.54, 1.807) is 0 Å². The molecule has 1 atom stereocenters. The Labute approximate surface area is 58.2 Å². The molecule has 0 fully saturated rings. The molecule has 0 heterocycles. The summed E-state index contributed by atoms with van der Waals surface area (Å²) in [5, 5.41) is 3.23. The second-order valence-corrected chi connectivity index (χ2v) is 2.56. The van der Waals surface area contributed by atoms with Gasteiger partial charge < -0.3 is 5.32 Å². The predicted molar refractivity (Wildman–Crippen MR) is 41.4 cm³/mol. The van der Waals surface area contributed by atoms with Crippen LogP contribution in [-0.4, -0.2) is 32.2 Å². The molecule has 0 aliphatic heterocycles. The highest BCUT2D eigenvalue weighted by molar-refractivity contribution is 4.58. The van der Waals surface area contributed by atoms with Crippen LogP contribution in [0, 0.1) is 0 Å². The molecule has 0 aromatic rings. The molecule has 0 aliphatic rings. The quantitative estimate of drug-likeness (QED) is 0.569. The highest BCUT2D eigenvalue weighted by Gasteiger charge is 2.04. The first-order valence-corrected chi connectivity index (χ1v) is 3.56. The summed E-state index contributed by atoms with van der Waals surface area (Å²) in [6, 6.07) is 0. The third kappa shape index (κ3) is 3.49. The zero-order chi connectivity index (χ0) is 7.28. The van der Waals surface area contributed by atoms with E-state index in [1.165, 1.54) is 12.8 Å². The fourth-order valence-corrected chi connectivity index (χ4v) is 0.934. The molecular formula is C7H18N2. The van der Waals surface area contributed by atoms with Gasteiger partial charge in [0.2, 0.25) is 0 Å². The Bertz CT molecular complexity index is 61.9. The lowest BCUT2D eigenvalue weighted by atomic mass is 10.2. The SMILES string of the molecule is CCCC(NC)N(C)C. The van der Waals surface area contributed by atoms with Crippen molar-refractivity contribution in [3.63, 3.8) is 0 Å². The molecule has 0 saturated heterocycles. The summed E-state index contributed by atoms with van der Waals surface area (Å²) in [6.07, 6.45) is 3.02. The molecule has 0 aliphatic carbocycles. The number of nitrogens with zero attached hydrogens (tertiary/aromatic N) is 1. The third-order valence-electron chi connectivity index (χ3n) is 1.52. The van der Waals surface area contributed by atoms with Crippen LogP contribution in [0.4, 0.5) is 0 Å². The summed E-state index contributed by atoms with van der Waals surface area (Å²) in [4.78, 5) is 2.20. The van der Waals surface area contributed by atoms with Crippen LogP contribution in [0.3, 0.4) is 0 Å². The number of hydrogen-bond acceptors (Lipinski definition) is 2. The van der Waals surface area contributed by atoms with Crippen LogP contribution in [0.2, 0.25) is 0 Å². The summed E-state index contributed by atoms with van der Waals surface area (Å²) in [6.45, 7) is 2.20. The lowest BCUT2D eigenvalue weighted by Crippen LogP contribution is -2.38. The van der Waals surface area contributed by atoms with E-state index in [2.05, 4.69) is 31.2 Å². The summed E-state index contributed by atoms with van der Waals surface area (Å²) >= 11 is 0. The van der Waals surface area contributed by atoms with Gasteiger partial charge >= 0.3 is 0 Å². The first-order valence-electron chi connectivity index (χ1n) is 3.56. The minimum atomic E-state index is 0.551. The molecule has 1 unspecified atom stereocenters. The molecule has 56 valence electrons. The van der Waals surface area contributed by atoms with Crippen molar-refractivity contribution < 1.29 is 0 Å². The lowest BCUT2D eigenvalue weighted by Gasteiger charge is -2.22. The van der Waals surface area contributed by atoms with Crippen molar-refractivity contribution in [3.05, 3.63) is 0 Å². The summed E-state index contributed by atoms with van der Waals surface area (Å²) in [5.41, 5.74) is 0. The maximum absolute atomic E-state index is 3.23. The van der Waals surface area contributed by atoms with E-state index in [-0.39, 0.29) is 0 Å². The number of nitrogens with one attached hydrogen (secondary N) is 1. The average Bonchev–Trinajstić information content (AvgIpc) is 1.82. The molecule has 0 aromatic carbocycles. The van der Waals surface area contributed by atoms with Gasteiger partial charge in [0.25, 0.3) is 0 Å². The number of rotatable bonds is 4. The zero-order valence-electron chi connectivity index (χ0n) is 6.94. The molecule has 0 amide bonds. The summed E-state index contributed by atoms with van der Waals surface area (Å²) in [7, 11) is 6.19. The molecule has 9 heavy (non-hydrogen) atoms. The summed E-state index contributed by atoms with van der Waals surface area (Å²) in [5.74, 6) is 0. The van der Waals surface area contributed by atoms with Crippen molar-refractivity contribution in [2.75, 3.05) is 21.1 Å². The largest absolute Gasteiger partial charge is 0.305 e. The second-order valence-electron chi connectivity index (χ2n) is 2.56. The lowest BCUT2D eigenvalue weighted by molar-refractivity contribution is 0.244. The van der Waals surface area contributed by atoms with Crippen molar-refractivity contribution in [1.29, 1.82) is 0 Å². The van der Waals surface area contributed by atoms with Crippen molar-refractivity contribution in [2.24, 2.45) is 0 Å². The first kappa shape index (κ1) is 8.92. The molecule has 0 radical (unpaired) electrons. The zero-order valence-corrected chi connectivity index (χ0v) is 6.94. The Kier molecular flexibility index (Phi) is 4.72. The van der Waals surface area contributed by atoms with Gasteiger partial charge in [0.05, 0.1) is 6.17 Å². The Morgan fingerprint density at radius 3 is 2.11 bits per heavy atom. The van der Waals surface area contributed by atoms with Gasteiger partial charge in [-0.15, -0.1) is 0 Å². The van der Waals surface area contributed by atoms with Crippen molar-refractivity contribution in [1.82, 2.24) is 10.2 Å².